The van der Waals surface area contributed by atoms with Crippen molar-refractivity contribution in [1.29, 1.82) is 0 Å². The summed E-state index contributed by atoms with van der Waals surface area (Å²) in [6.07, 6.45) is 4.51. The van der Waals surface area contributed by atoms with E-state index in [1.807, 2.05) is 19.3 Å². The van der Waals surface area contributed by atoms with Gasteiger partial charge >= 0.3 is 0 Å². The molecule has 0 unspecified atom stereocenters. The minimum absolute atomic E-state index is 0.160. The Kier molecular flexibility index (Phi) is 3.85. The van der Waals surface area contributed by atoms with Crippen LogP contribution in [-0.4, -0.2) is 42.2 Å². The van der Waals surface area contributed by atoms with E-state index in [4.69, 9.17) is 4.74 Å². The highest BCUT2D eigenvalue weighted by atomic mass is 32.2. The number of aromatic nitrogens is 2. The summed E-state index contributed by atoms with van der Waals surface area (Å²) in [6, 6.07) is 7.18. The van der Waals surface area contributed by atoms with Crippen molar-refractivity contribution in [1.82, 2.24) is 14.1 Å². The fraction of sp³-hybridized carbons (Fsp3) is 0.471. The van der Waals surface area contributed by atoms with Crippen LogP contribution in [0.1, 0.15) is 30.0 Å². The average molecular weight is 347 g/mol. The van der Waals surface area contributed by atoms with Crippen molar-refractivity contribution >= 4 is 10.0 Å². The molecule has 0 aliphatic carbocycles. The van der Waals surface area contributed by atoms with Crippen LogP contribution in [0.2, 0.25) is 0 Å². The SMILES string of the molecule is Cn1ccc([C@@H]2CCCN(S(=O)(=O)c3ccc4c(c3)CCO4)C2)n1. The monoisotopic (exact) mass is 347 g/mol. The van der Waals surface area contributed by atoms with E-state index < -0.39 is 10.0 Å². The molecule has 0 spiro atoms. The van der Waals surface area contributed by atoms with Crippen LogP contribution in [0.3, 0.4) is 0 Å². The number of nitrogens with zero attached hydrogens (tertiary/aromatic N) is 3. The number of hydrogen-bond donors (Lipinski definition) is 0. The van der Waals surface area contributed by atoms with Gasteiger partial charge in [0, 0.05) is 38.7 Å². The zero-order valence-electron chi connectivity index (χ0n) is 13.7. The highest BCUT2D eigenvalue weighted by Crippen LogP contribution is 2.32. The number of aryl methyl sites for hydroxylation is 1. The molecule has 1 fully saturated rings. The quantitative estimate of drug-likeness (QED) is 0.851. The summed E-state index contributed by atoms with van der Waals surface area (Å²) in [6.45, 7) is 1.69. The van der Waals surface area contributed by atoms with E-state index in [1.165, 1.54) is 0 Å². The van der Waals surface area contributed by atoms with Crippen molar-refractivity contribution in [2.75, 3.05) is 19.7 Å². The summed E-state index contributed by atoms with van der Waals surface area (Å²) < 4.78 is 34.9. The third kappa shape index (κ3) is 2.71. The average Bonchev–Trinajstić information content (AvgIpc) is 3.23. The Bertz CT molecular complexity index is 860. The van der Waals surface area contributed by atoms with Gasteiger partial charge in [-0.05, 0) is 42.7 Å². The molecule has 0 bridgehead atoms. The minimum atomic E-state index is -3.47. The molecule has 2 aliphatic rings. The second-order valence-corrected chi connectivity index (χ2v) is 8.42. The first-order valence-corrected chi connectivity index (χ1v) is 9.73. The molecule has 1 aromatic heterocycles. The van der Waals surface area contributed by atoms with Crippen LogP contribution in [-0.2, 0) is 23.5 Å². The summed E-state index contributed by atoms with van der Waals surface area (Å²) in [5.74, 6) is 0.964. The molecule has 0 N–H and O–H groups in total. The second-order valence-electron chi connectivity index (χ2n) is 6.48. The van der Waals surface area contributed by atoms with Crippen LogP contribution >= 0.6 is 0 Å². The fourth-order valence-corrected chi connectivity index (χ4v) is 5.10. The Morgan fingerprint density at radius 3 is 2.96 bits per heavy atom. The molecule has 0 saturated carbocycles. The van der Waals surface area contributed by atoms with E-state index in [1.54, 1.807) is 27.2 Å². The molecule has 128 valence electrons. The van der Waals surface area contributed by atoms with Gasteiger partial charge in [-0.1, -0.05) is 0 Å². The highest BCUT2D eigenvalue weighted by molar-refractivity contribution is 7.89. The number of rotatable bonds is 3. The van der Waals surface area contributed by atoms with Crippen LogP contribution in [0.5, 0.6) is 5.75 Å². The fourth-order valence-electron chi connectivity index (χ4n) is 3.53. The Balaban J connectivity index is 1.59. The summed E-state index contributed by atoms with van der Waals surface area (Å²) in [4.78, 5) is 0.369. The van der Waals surface area contributed by atoms with E-state index in [-0.39, 0.29) is 5.92 Å². The van der Waals surface area contributed by atoms with E-state index in [0.717, 1.165) is 36.3 Å². The van der Waals surface area contributed by atoms with E-state index in [2.05, 4.69) is 5.10 Å². The maximum Gasteiger partial charge on any atom is 0.243 e. The molecular formula is C17H21N3O3S. The lowest BCUT2D eigenvalue weighted by atomic mass is 9.96. The summed E-state index contributed by atoms with van der Waals surface area (Å²) in [5, 5.41) is 4.45. The Morgan fingerprint density at radius 1 is 1.29 bits per heavy atom. The smallest absolute Gasteiger partial charge is 0.243 e. The highest BCUT2D eigenvalue weighted by Gasteiger charge is 2.32. The number of piperidine rings is 1. The molecule has 2 aliphatic heterocycles. The molecule has 24 heavy (non-hydrogen) atoms. The second kappa shape index (κ2) is 5.89. The van der Waals surface area contributed by atoms with Gasteiger partial charge in [-0.15, -0.1) is 0 Å². The molecule has 6 nitrogen and oxygen atoms in total. The number of ether oxygens (including phenoxy) is 1. The predicted octanol–water partition coefficient (Wildman–Crippen LogP) is 1.92. The third-order valence-corrected chi connectivity index (χ3v) is 6.70. The van der Waals surface area contributed by atoms with Gasteiger partial charge in [-0.2, -0.15) is 9.40 Å². The van der Waals surface area contributed by atoms with Crippen LogP contribution in [0.4, 0.5) is 0 Å². The van der Waals surface area contributed by atoms with E-state index in [9.17, 15) is 8.42 Å². The lowest BCUT2D eigenvalue weighted by molar-refractivity contribution is 0.312. The minimum Gasteiger partial charge on any atom is -0.493 e. The lowest BCUT2D eigenvalue weighted by Gasteiger charge is -2.31. The van der Waals surface area contributed by atoms with Crippen LogP contribution in [0.15, 0.2) is 35.4 Å². The topological polar surface area (TPSA) is 64.4 Å². The first kappa shape index (κ1) is 15.7. The number of fused-ring (bicyclic) bond motifs is 1. The number of hydrogen-bond acceptors (Lipinski definition) is 4. The normalized spacial score (nSPS) is 21.5. The van der Waals surface area contributed by atoms with Gasteiger partial charge in [0.05, 0.1) is 17.2 Å². The Morgan fingerprint density at radius 2 is 2.17 bits per heavy atom. The molecule has 1 atom stereocenters. The summed E-state index contributed by atoms with van der Waals surface area (Å²) >= 11 is 0. The molecule has 2 aromatic rings. The van der Waals surface area contributed by atoms with E-state index >= 15 is 0 Å². The van der Waals surface area contributed by atoms with E-state index in [0.29, 0.717) is 24.6 Å². The van der Waals surface area contributed by atoms with Gasteiger partial charge in [0.15, 0.2) is 0 Å². The maximum atomic E-state index is 13.0. The molecule has 1 saturated heterocycles. The lowest BCUT2D eigenvalue weighted by Crippen LogP contribution is -2.39. The van der Waals surface area contributed by atoms with Crippen molar-refractivity contribution in [2.24, 2.45) is 7.05 Å². The standard InChI is InChI=1S/C17H21N3O3S/c1-19-9-6-16(18-19)14-3-2-8-20(12-14)24(21,22)15-4-5-17-13(11-15)7-10-23-17/h4-6,9,11,14H,2-3,7-8,10,12H2,1H3/t14-/m1/s1. The summed E-state index contributed by atoms with van der Waals surface area (Å²) in [5.41, 5.74) is 1.95. The summed E-state index contributed by atoms with van der Waals surface area (Å²) in [7, 11) is -1.59. The van der Waals surface area contributed by atoms with Crippen LogP contribution < -0.4 is 4.74 Å². The van der Waals surface area contributed by atoms with Gasteiger partial charge in [0.2, 0.25) is 10.0 Å². The molecule has 4 rings (SSSR count). The first-order chi connectivity index (χ1) is 11.5. The van der Waals surface area contributed by atoms with Crippen molar-refractivity contribution in [3.63, 3.8) is 0 Å². The molecular weight excluding hydrogens is 326 g/mol. The molecule has 0 radical (unpaired) electrons. The molecule has 1 aromatic carbocycles. The van der Waals surface area contributed by atoms with Gasteiger partial charge in [-0.3, -0.25) is 4.68 Å². The largest absolute Gasteiger partial charge is 0.493 e. The zero-order chi connectivity index (χ0) is 16.7. The van der Waals surface area contributed by atoms with Gasteiger partial charge in [-0.25, -0.2) is 8.42 Å². The van der Waals surface area contributed by atoms with Crippen molar-refractivity contribution in [3.05, 3.63) is 41.7 Å². The zero-order valence-corrected chi connectivity index (χ0v) is 14.5. The van der Waals surface area contributed by atoms with Gasteiger partial charge in [0.1, 0.15) is 5.75 Å². The van der Waals surface area contributed by atoms with Crippen molar-refractivity contribution < 1.29 is 13.2 Å². The van der Waals surface area contributed by atoms with Crippen molar-refractivity contribution in [3.8, 4) is 5.75 Å². The van der Waals surface area contributed by atoms with Gasteiger partial charge in [0.25, 0.3) is 0 Å². The molecule has 7 heteroatoms. The Labute approximate surface area is 142 Å². The van der Waals surface area contributed by atoms with Crippen LogP contribution in [0, 0.1) is 0 Å². The molecule has 3 heterocycles. The van der Waals surface area contributed by atoms with Gasteiger partial charge < -0.3 is 4.74 Å². The Hall–Kier alpha value is -1.86. The predicted molar refractivity (Wildman–Crippen MR) is 89.6 cm³/mol. The van der Waals surface area contributed by atoms with Crippen molar-refractivity contribution in [2.45, 2.75) is 30.1 Å². The maximum absolute atomic E-state index is 13.0. The number of sulfonamides is 1. The first-order valence-electron chi connectivity index (χ1n) is 8.29. The molecule has 0 amide bonds. The third-order valence-electron chi connectivity index (χ3n) is 4.84. The van der Waals surface area contributed by atoms with Crippen LogP contribution in [0.25, 0.3) is 0 Å². The number of benzene rings is 1.